The highest BCUT2D eigenvalue weighted by Crippen LogP contribution is 2.27. The summed E-state index contributed by atoms with van der Waals surface area (Å²) in [6.07, 6.45) is 0. The van der Waals surface area contributed by atoms with E-state index in [9.17, 15) is 0 Å². The number of hydrogen-bond acceptors (Lipinski definition) is 4. The molecule has 1 aromatic carbocycles. The van der Waals surface area contributed by atoms with E-state index in [1.807, 2.05) is 23.1 Å². The maximum atomic E-state index is 4.66. The van der Waals surface area contributed by atoms with E-state index >= 15 is 0 Å². The van der Waals surface area contributed by atoms with Crippen molar-refractivity contribution in [1.82, 2.24) is 10.3 Å². The van der Waals surface area contributed by atoms with Crippen molar-refractivity contribution in [2.75, 3.05) is 6.54 Å². The lowest BCUT2D eigenvalue weighted by atomic mass is 10.2. The number of aromatic nitrogens is 1. The molecule has 1 heterocycles. The van der Waals surface area contributed by atoms with Gasteiger partial charge in [-0.05, 0) is 32.5 Å². The third-order valence-electron chi connectivity index (χ3n) is 2.82. The van der Waals surface area contributed by atoms with E-state index in [1.54, 1.807) is 0 Å². The lowest BCUT2D eigenvalue weighted by Gasteiger charge is -2.00. The van der Waals surface area contributed by atoms with Gasteiger partial charge in [-0.2, -0.15) is 0 Å². The van der Waals surface area contributed by atoms with Crippen LogP contribution in [0.2, 0.25) is 0 Å². The molecule has 1 N–H and O–H groups in total. The fourth-order valence-electron chi connectivity index (χ4n) is 1.80. The highest BCUT2D eigenvalue weighted by molar-refractivity contribution is 7.98. The van der Waals surface area contributed by atoms with E-state index in [2.05, 4.69) is 55.3 Å². The standard InChI is InChI=1S/C15H20N2S2/c1-4-16-9-14-12(3)17-15(19-14)10-18-13-7-5-6-11(2)8-13/h5-8,16H,4,9-10H2,1-3H3. The Hall–Kier alpha value is -0.840. The second-order valence-corrected chi connectivity index (χ2v) is 6.72. The number of hydrogen-bond donors (Lipinski definition) is 1. The monoisotopic (exact) mass is 292 g/mol. The Balaban J connectivity index is 1.96. The van der Waals surface area contributed by atoms with Crippen LogP contribution in [-0.2, 0) is 12.3 Å². The molecule has 19 heavy (non-hydrogen) atoms. The van der Waals surface area contributed by atoms with Gasteiger partial charge >= 0.3 is 0 Å². The Bertz CT molecular complexity index is 535. The fraction of sp³-hybridized carbons (Fsp3) is 0.400. The molecule has 2 nitrogen and oxygen atoms in total. The van der Waals surface area contributed by atoms with Crippen molar-refractivity contribution < 1.29 is 0 Å². The van der Waals surface area contributed by atoms with E-state index in [1.165, 1.54) is 26.0 Å². The molecule has 0 spiro atoms. The summed E-state index contributed by atoms with van der Waals surface area (Å²) in [5.74, 6) is 0.959. The van der Waals surface area contributed by atoms with Crippen LogP contribution in [0.5, 0.6) is 0 Å². The molecule has 2 aromatic rings. The average molecular weight is 292 g/mol. The Labute approximate surface area is 123 Å². The SMILES string of the molecule is CCNCc1sc(CSc2cccc(C)c2)nc1C. The first-order valence-corrected chi connectivity index (χ1v) is 8.34. The summed E-state index contributed by atoms with van der Waals surface area (Å²) < 4.78 is 0. The first kappa shape index (κ1) is 14.6. The van der Waals surface area contributed by atoms with Crippen molar-refractivity contribution in [2.45, 2.75) is 38.0 Å². The predicted octanol–water partition coefficient (Wildman–Crippen LogP) is 4.16. The van der Waals surface area contributed by atoms with Gasteiger partial charge in [-0.3, -0.25) is 0 Å². The van der Waals surface area contributed by atoms with E-state index < -0.39 is 0 Å². The Morgan fingerprint density at radius 2 is 2.16 bits per heavy atom. The van der Waals surface area contributed by atoms with Gasteiger partial charge in [0.1, 0.15) is 5.01 Å². The van der Waals surface area contributed by atoms with Gasteiger partial charge in [0, 0.05) is 16.3 Å². The Morgan fingerprint density at radius 3 is 2.89 bits per heavy atom. The third-order valence-corrected chi connectivity index (χ3v) is 5.17. The van der Waals surface area contributed by atoms with Crippen molar-refractivity contribution in [3.05, 3.63) is 45.4 Å². The molecule has 0 amide bonds. The number of nitrogens with zero attached hydrogens (tertiary/aromatic N) is 1. The lowest BCUT2D eigenvalue weighted by Crippen LogP contribution is -2.11. The first-order chi connectivity index (χ1) is 9.19. The number of thioether (sulfide) groups is 1. The summed E-state index contributed by atoms with van der Waals surface area (Å²) in [5.41, 5.74) is 2.49. The molecule has 0 bridgehead atoms. The van der Waals surface area contributed by atoms with Crippen LogP contribution in [0.1, 0.15) is 28.1 Å². The minimum absolute atomic E-state index is 0.940. The number of nitrogens with one attached hydrogen (secondary N) is 1. The average Bonchev–Trinajstić information content (AvgIpc) is 2.75. The van der Waals surface area contributed by atoms with Crippen LogP contribution < -0.4 is 5.32 Å². The Morgan fingerprint density at radius 1 is 1.32 bits per heavy atom. The number of benzene rings is 1. The maximum absolute atomic E-state index is 4.66. The van der Waals surface area contributed by atoms with Crippen LogP contribution >= 0.6 is 23.1 Å². The van der Waals surface area contributed by atoms with Gasteiger partial charge in [0.05, 0.1) is 11.4 Å². The highest BCUT2D eigenvalue weighted by atomic mass is 32.2. The van der Waals surface area contributed by atoms with Gasteiger partial charge in [-0.15, -0.1) is 23.1 Å². The van der Waals surface area contributed by atoms with E-state index in [-0.39, 0.29) is 0 Å². The van der Waals surface area contributed by atoms with Crippen LogP contribution in [0.25, 0.3) is 0 Å². The zero-order valence-corrected chi connectivity index (χ0v) is 13.3. The second kappa shape index (κ2) is 7.08. The molecule has 0 unspecified atom stereocenters. The largest absolute Gasteiger partial charge is 0.312 e. The zero-order valence-electron chi connectivity index (χ0n) is 11.7. The normalized spacial score (nSPS) is 10.9. The van der Waals surface area contributed by atoms with E-state index in [0.717, 1.165) is 18.8 Å². The quantitative estimate of drug-likeness (QED) is 0.809. The third kappa shape index (κ3) is 4.34. The summed E-state index contributed by atoms with van der Waals surface area (Å²) in [6, 6.07) is 8.63. The van der Waals surface area contributed by atoms with Crippen molar-refractivity contribution in [2.24, 2.45) is 0 Å². The molecule has 102 valence electrons. The minimum Gasteiger partial charge on any atom is -0.312 e. The molecule has 0 aliphatic carbocycles. The summed E-state index contributed by atoms with van der Waals surface area (Å²) in [5, 5.41) is 4.58. The van der Waals surface area contributed by atoms with Crippen LogP contribution in [0.15, 0.2) is 29.2 Å². The van der Waals surface area contributed by atoms with E-state index in [0.29, 0.717) is 0 Å². The number of thiazole rings is 1. The van der Waals surface area contributed by atoms with Crippen LogP contribution in [0.3, 0.4) is 0 Å². The minimum atomic E-state index is 0.940. The molecular weight excluding hydrogens is 272 g/mol. The van der Waals surface area contributed by atoms with Crippen molar-refractivity contribution in [3.63, 3.8) is 0 Å². The molecule has 0 saturated carbocycles. The van der Waals surface area contributed by atoms with Crippen molar-refractivity contribution in [3.8, 4) is 0 Å². The topological polar surface area (TPSA) is 24.9 Å². The van der Waals surface area contributed by atoms with Crippen LogP contribution in [-0.4, -0.2) is 11.5 Å². The number of rotatable bonds is 6. The summed E-state index contributed by atoms with van der Waals surface area (Å²) >= 11 is 3.69. The van der Waals surface area contributed by atoms with Gasteiger partial charge in [0.2, 0.25) is 0 Å². The van der Waals surface area contributed by atoms with Crippen molar-refractivity contribution in [1.29, 1.82) is 0 Å². The van der Waals surface area contributed by atoms with E-state index in [4.69, 9.17) is 0 Å². The molecule has 0 atom stereocenters. The summed E-state index contributed by atoms with van der Waals surface area (Å²) in [6.45, 7) is 8.31. The molecule has 4 heteroatoms. The molecule has 0 aliphatic heterocycles. The van der Waals surface area contributed by atoms with Crippen molar-refractivity contribution >= 4 is 23.1 Å². The molecule has 0 saturated heterocycles. The number of aryl methyl sites for hydroxylation is 2. The second-order valence-electron chi connectivity index (χ2n) is 4.50. The van der Waals surface area contributed by atoms with Crippen LogP contribution in [0, 0.1) is 13.8 Å². The highest BCUT2D eigenvalue weighted by Gasteiger charge is 2.07. The lowest BCUT2D eigenvalue weighted by molar-refractivity contribution is 0.731. The predicted molar refractivity (Wildman–Crippen MR) is 85.0 cm³/mol. The van der Waals surface area contributed by atoms with Gasteiger partial charge in [0.15, 0.2) is 0 Å². The fourth-order valence-corrected chi connectivity index (χ4v) is 3.85. The molecule has 1 aromatic heterocycles. The molecular formula is C15H20N2S2. The van der Waals surface area contributed by atoms with Gasteiger partial charge in [-0.25, -0.2) is 4.98 Å². The zero-order chi connectivity index (χ0) is 13.7. The summed E-state index contributed by atoms with van der Waals surface area (Å²) in [7, 11) is 0. The Kier molecular flexibility index (Phi) is 5.43. The molecule has 0 fully saturated rings. The smallest absolute Gasteiger partial charge is 0.103 e. The molecule has 2 rings (SSSR count). The first-order valence-electron chi connectivity index (χ1n) is 6.54. The molecule has 0 aliphatic rings. The van der Waals surface area contributed by atoms with Crippen LogP contribution in [0.4, 0.5) is 0 Å². The molecule has 0 radical (unpaired) electrons. The van der Waals surface area contributed by atoms with Gasteiger partial charge in [0.25, 0.3) is 0 Å². The van der Waals surface area contributed by atoms with Gasteiger partial charge < -0.3 is 5.32 Å². The summed E-state index contributed by atoms with van der Waals surface area (Å²) in [4.78, 5) is 7.34. The maximum Gasteiger partial charge on any atom is 0.103 e. The van der Waals surface area contributed by atoms with Gasteiger partial charge in [-0.1, -0.05) is 24.6 Å².